The summed E-state index contributed by atoms with van der Waals surface area (Å²) in [6, 6.07) is 5.15. The van der Waals surface area contributed by atoms with Crippen molar-refractivity contribution in [2.75, 3.05) is 11.9 Å². The van der Waals surface area contributed by atoms with Crippen LogP contribution in [0.3, 0.4) is 0 Å². The van der Waals surface area contributed by atoms with E-state index in [2.05, 4.69) is 33.0 Å². The number of ether oxygens (including phenoxy) is 1. The number of hydrogen-bond acceptors (Lipinski definition) is 4. The molecule has 128 valence electrons. The van der Waals surface area contributed by atoms with Crippen LogP contribution in [-0.2, 0) is 0 Å². The molecule has 0 heterocycles. The van der Waals surface area contributed by atoms with Crippen LogP contribution in [0.25, 0.3) is 0 Å². The van der Waals surface area contributed by atoms with Gasteiger partial charge in [-0.1, -0.05) is 27.7 Å². The largest absolute Gasteiger partial charge is 0.494 e. The molecule has 0 amide bonds. The first-order chi connectivity index (χ1) is 10.6. The van der Waals surface area contributed by atoms with Crippen LogP contribution in [0.5, 0.6) is 5.75 Å². The zero-order valence-corrected chi connectivity index (χ0v) is 14.8. The highest BCUT2D eigenvalue weighted by Crippen LogP contribution is 2.47. The van der Waals surface area contributed by atoms with E-state index in [9.17, 15) is 10.1 Å². The van der Waals surface area contributed by atoms with Crippen LogP contribution in [-0.4, -0.2) is 17.6 Å². The molecule has 5 nitrogen and oxygen atoms in total. The fourth-order valence-electron chi connectivity index (χ4n) is 4.21. The number of rotatable bonds is 5. The van der Waals surface area contributed by atoms with Gasteiger partial charge in [0.05, 0.1) is 11.5 Å². The normalized spacial score (nSPS) is 20.0. The Bertz CT molecular complexity index is 566. The number of nitrogens with one attached hydrogen (secondary N) is 1. The van der Waals surface area contributed by atoms with Gasteiger partial charge in [0.25, 0.3) is 5.69 Å². The molecule has 0 atom stereocenters. The average molecular weight is 320 g/mol. The number of nitrogens with zero attached hydrogens (tertiary/aromatic N) is 1. The van der Waals surface area contributed by atoms with Crippen molar-refractivity contribution >= 4 is 11.4 Å². The maximum atomic E-state index is 11.3. The van der Waals surface area contributed by atoms with Crippen molar-refractivity contribution in [3.63, 3.8) is 0 Å². The first kappa shape index (κ1) is 17.6. The molecular formula is C18H28N2O3. The smallest absolute Gasteiger partial charge is 0.292 e. The highest BCUT2D eigenvalue weighted by atomic mass is 16.6. The van der Waals surface area contributed by atoms with Gasteiger partial charge in [0.15, 0.2) is 0 Å². The van der Waals surface area contributed by atoms with E-state index in [1.807, 2.05) is 6.92 Å². The standard InChI is InChI=1S/C18H28N2O3/c1-6-23-14-7-8-16(20(21)22)15(9-14)19-13-10-17(2,3)12-18(4,5)11-13/h7-9,13,19H,6,10-12H2,1-5H3. The molecule has 2 rings (SSSR count). The van der Waals surface area contributed by atoms with Gasteiger partial charge < -0.3 is 10.1 Å². The maximum absolute atomic E-state index is 11.3. The van der Waals surface area contributed by atoms with Gasteiger partial charge in [0.2, 0.25) is 0 Å². The van der Waals surface area contributed by atoms with E-state index in [4.69, 9.17) is 4.74 Å². The molecule has 0 saturated heterocycles. The number of nitro benzene ring substituents is 1. The van der Waals surface area contributed by atoms with E-state index < -0.39 is 0 Å². The van der Waals surface area contributed by atoms with Crippen LogP contribution in [0.4, 0.5) is 11.4 Å². The lowest BCUT2D eigenvalue weighted by Gasteiger charge is -2.45. The number of benzene rings is 1. The van der Waals surface area contributed by atoms with E-state index in [0.29, 0.717) is 18.0 Å². The van der Waals surface area contributed by atoms with E-state index >= 15 is 0 Å². The van der Waals surface area contributed by atoms with E-state index in [1.54, 1.807) is 12.1 Å². The predicted octanol–water partition coefficient (Wildman–Crippen LogP) is 5.01. The van der Waals surface area contributed by atoms with Gasteiger partial charge in [-0.05, 0) is 43.1 Å². The van der Waals surface area contributed by atoms with Crippen molar-refractivity contribution in [2.45, 2.75) is 59.9 Å². The van der Waals surface area contributed by atoms with Crippen molar-refractivity contribution < 1.29 is 9.66 Å². The molecule has 0 bridgehead atoms. The summed E-state index contributed by atoms with van der Waals surface area (Å²) in [5, 5.41) is 14.7. The van der Waals surface area contributed by atoms with Gasteiger partial charge in [-0.3, -0.25) is 10.1 Å². The number of anilines is 1. The maximum Gasteiger partial charge on any atom is 0.292 e. The third-order valence-corrected chi connectivity index (χ3v) is 4.39. The zero-order valence-electron chi connectivity index (χ0n) is 14.8. The molecule has 0 spiro atoms. The van der Waals surface area contributed by atoms with Crippen molar-refractivity contribution in [3.05, 3.63) is 28.3 Å². The first-order valence-corrected chi connectivity index (χ1v) is 8.30. The Kier molecular flexibility index (Phi) is 4.87. The molecule has 1 fully saturated rings. The minimum atomic E-state index is -0.336. The third kappa shape index (κ3) is 4.60. The molecule has 0 aliphatic heterocycles. The van der Waals surface area contributed by atoms with Crippen LogP contribution >= 0.6 is 0 Å². The fourth-order valence-corrected chi connectivity index (χ4v) is 4.21. The first-order valence-electron chi connectivity index (χ1n) is 8.30. The van der Waals surface area contributed by atoms with Crippen LogP contribution < -0.4 is 10.1 Å². The molecule has 0 unspecified atom stereocenters. The van der Waals surface area contributed by atoms with Crippen LogP contribution in [0.2, 0.25) is 0 Å². The molecule has 1 N–H and O–H groups in total. The Morgan fingerprint density at radius 3 is 2.39 bits per heavy atom. The highest BCUT2D eigenvalue weighted by Gasteiger charge is 2.38. The second-order valence-corrected chi connectivity index (χ2v) is 8.12. The molecule has 1 aliphatic carbocycles. The molecule has 5 heteroatoms. The Morgan fingerprint density at radius 2 is 1.87 bits per heavy atom. The van der Waals surface area contributed by atoms with Crippen LogP contribution in [0.15, 0.2) is 18.2 Å². The Labute approximate surface area is 138 Å². The van der Waals surface area contributed by atoms with Crippen LogP contribution in [0.1, 0.15) is 53.9 Å². The molecule has 1 aliphatic rings. The fraction of sp³-hybridized carbons (Fsp3) is 0.667. The van der Waals surface area contributed by atoms with E-state index in [1.165, 1.54) is 12.5 Å². The molecule has 1 aromatic carbocycles. The molecule has 0 radical (unpaired) electrons. The quantitative estimate of drug-likeness (QED) is 0.612. The van der Waals surface area contributed by atoms with Crippen molar-refractivity contribution in [1.29, 1.82) is 0 Å². The van der Waals surface area contributed by atoms with Gasteiger partial charge in [-0.25, -0.2) is 0 Å². The Hall–Kier alpha value is -1.78. The summed E-state index contributed by atoms with van der Waals surface area (Å²) in [5.41, 5.74) is 1.12. The molecule has 23 heavy (non-hydrogen) atoms. The topological polar surface area (TPSA) is 64.4 Å². The molecule has 1 saturated carbocycles. The third-order valence-electron chi connectivity index (χ3n) is 4.39. The van der Waals surface area contributed by atoms with Crippen molar-refractivity contribution in [3.8, 4) is 5.75 Å². The lowest BCUT2D eigenvalue weighted by Crippen LogP contribution is -2.40. The van der Waals surface area contributed by atoms with E-state index in [0.717, 1.165) is 12.8 Å². The van der Waals surface area contributed by atoms with Gasteiger partial charge in [0.1, 0.15) is 11.4 Å². The summed E-state index contributed by atoms with van der Waals surface area (Å²) in [4.78, 5) is 11.0. The molecule has 0 aromatic heterocycles. The molecular weight excluding hydrogens is 292 g/mol. The average Bonchev–Trinajstić information content (AvgIpc) is 2.34. The second kappa shape index (κ2) is 6.38. The monoisotopic (exact) mass is 320 g/mol. The zero-order chi connectivity index (χ0) is 17.3. The SMILES string of the molecule is CCOc1ccc([N+](=O)[O-])c(NC2CC(C)(C)CC(C)(C)C2)c1. The summed E-state index contributed by atoms with van der Waals surface area (Å²) in [6.45, 7) is 11.5. The van der Waals surface area contributed by atoms with Gasteiger partial charge in [-0.15, -0.1) is 0 Å². The minimum Gasteiger partial charge on any atom is -0.494 e. The van der Waals surface area contributed by atoms with Gasteiger partial charge >= 0.3 is 0 Å². The number of hydrogen-bond donors (Lipinski definition) is 1. The summed E-state index contributed by atoms with van der Waals surface area (Å²) in [7, 11) is 0. The van der Waals surface area contributed by atoms with Gasteiger partial charge in [-0.2, -0.15) is 0 Å². The lowest BCUT2D eigenvalue weighted by atomic mass is 9.63. The Balaban J connectivity index is 2.27. The second-order valence-electron chi connectivity index (χ2n) is 8.12. The minimum absolute atomic E-state index is 0.106. The highest BCUT2D eigenvalue weighted by molar-refractivity contribution is 5.64. The molecule has 1 aromatic rings. The summed E-state index contributed by atoms with van der Waals surface area (Å²) < 4.78 is 5.49. The van der Waals surface area contributed by atoms with Crippen molar-refractivity contribution in [1.82, 2.24) is 0 Å². The summed E-state index contributed by atoms with van der Waals surface area (Å²) in [5.74, 6) is 0.662. The summed E-state index contributed by atoms with van der Waals surface area (Å²) >= 11 is 0. The van der Waals surface area contributed by atoms with Crippen LogP contribution in [0, 0.1) is 20.9 Å². The predicted molar refractivity (Wildman–Crippen MR) is 93.1 cm³/mol. The summed E-state index contributed by atoms with van der Waals surface area (Å²) in [6.07, 6.45) is 3.18. The van der Waals surface area contributed by atoms with Crippen molar-refractivity contribution in [2.24, 2.45) is 10.8 Å². The number of nitro groups is 1. The Morgan fingerprint density at radius 1 is 1.26 bits per heavy atom. The van der Waals surface area contributed by atoms with Gasteiger partial charge in [0, 0.05) is 18.2 Å². The lowest BCUT2D eigenvalue weighted by molar-refractivity contribution is -0.384. The van der Waals surface area contributed by atoms with E-state index in [-0.39, 0.29) is 27.5 Å².